The van der Waals surface area contributed by atoms with E-state index < -0.39 is 29.0 Å². The first-order valence-corrected chi connectivity index (χ1v) is 6.76. The van der Waals surface area contributed by atoms with Gasteiger partial charge in [0, 0.05) is 6.42 Å². The molecule has 0 bridgehead atoms. The molecule has 112 valence electrons. The topological polar surface area (TPSA) is 74.7 Å². The predicted octanol–water partition coefficient (Wildman–Crippen LogP) is 2.59. The maximum absolute atomic E-state index is 13.2. The van der Waals surface area contributed by atoms with Crippen LogP contribution in [0.2, 0.25) is 0 Å². The van der Waals surface area contributed by atoms with Crippen LogP contribution in [0.4, 0.5) is 10.1 Å². The average Bonchev–Trinajstić information content (AvgIpc) is 2.70. The zero-order valence-electron chi connectivity index (χ0n) is 11.9. The minimum atomic E-state index is -1.38. The number of carbonyl (C=O) groups is 3. The van der Waals surface area contributed by atoms with E-state index in [2.05, 4.69) is 0 Å². The number of halogens is 1. The highest BCUT2D eigenvalue weighted by Gasteiger charge is 2.50. The van der Waals surface area contributed by atoms with Crippen LogP contribution in [-0.4, -0.2) is 22.9 Å². The Morgan fingerprint density at radius 1 is 1.33 bits per heavy atom. The summed E-state index contributed by atoms with van der Waals surface area (Å²) in [4.78, 5) is 36.9. The molecule has 1 heterocycles. The molecule has 0 atom stereocenters. The molecule has 2 amide bonds. The van der Waals surface area contributed by atoms with Gasteiger partial charge in [-0.3, -0.25) is 9.59 Å². The number of benzene rings is 1. The highest BCUT2D eigenvalue weighted by Crippen LogP contribution is 2.42. The second-order valence-electron chi connectivity index (χ2n) is 5.17. The Hall–Kier alpha value is -2.24. The lowest BCUT2D eigenvalue weighted by atomic mass is 9.81. The van der Waals surface area contributed by atoms with Crippen molar-refractivity contribution in [2.45, 2.75) is 33.1 Å². The molecular weight excluding hydrogens is 277 g/mol. The van der Waals surface area contributed by atoms with E-state index in [9.17, 15) is 18.8 Å². The summed E-state index contributed by atoms with van der Waals surface area (Å²) in [5.74, 6) is -2.97. The monoisotopic (exact) mass is 293 g/mol. The highest BCUT2D eigenvalue weighted by molar-refractivity contribution is 6.24. The van der Waals surface area contributed by atoms with Crippen molar-refractivity contribution in [1.29, 1.82) is 0 Å². The number of carboxylic acids is 1. The maximum atomic E-state index is 13.2. The van der Waals surface area contributed by atoms with E-state index in [4.69, 9.17) is 5.11 Å². The minimum absolute atomic E-state index is 0.0509. The van der Waals surface area contributed by atoms with Crippen LogP contribution in [0.15, 0.2) is 18.2 Å². The van der Waals surface area contributed by atoms with Gasteiger partial charge < -0.3 is 5.11 Å². The lowest BCUT2D eigenvalue weighted by Crippen LogP contribution is -2.36. The summed E-state index contributed by atoms with van der Waals surface area (Å²) in [7, 11) is 0. The molecule has 1 aromatic carbocycles. The number of carboxylic acid groups (broad SMARTS) is 1. The van der Waals surface area contributed by atoms with E-state index in [-0.39, 0.29) is 17.7 Å². The first-order chi connectivity index (χ1) is 9.86. The number of imide groups is 1. The van der Waals surface area contributed by atoms with Crippen LogP contribution in [0.1, 0.15) is 43.5 Å². The summed E-state index contributed by atoms with van der Waals surface area (Å²) >= 11 is 0. The molecule has 0 aliphatic carbocycles. The van der Waals surface area contributed by atoms with E-state index >= 15 is 0 Å². The van der Waals surface area contributed by atoms with Gasteiger partial charge in [-0.2, -0.15) is 0 Å². The number of anilines is 1. The summed E-state index contributed by atoms with van der Waals surface area (Å²) in [5.41, 5.74) is -1.25. The quantitative estimate of drug-likeness (QED) is 0.866. The van der Waals surface area contributed by atoms with Crippen LogP contribution in [-0.2, 0) is 9.59 Å². The molecule has 1 saturated heterocycles. The fourth-order valence-corrected chi connectivity index (χ4v) is 2.72. The van der Waals surface area contributed by atoms with Crippen LogP contribution in [0.5, 0.6) is 0 Å². The third-order valence-corrected chi connectivity index (χ3v) is 4.18. The van der Waals surface area contributed by atoms with Crippen LogP contribution in [0.25, 0.3) is 0 Å². The number of rotatable bonds is 4. The van der Waals surface area contributed by atoms with Crippen molar-refractivity contribution in [2.24, 2.45) is 5.41 Å². The van der Waals surface area contributed by atoms with Gasteiger partial charge in [0.05, 0.1) is 16.7 Å². The summed E-state index contributed by atoms with van der Waals surface area (Å²) in [6.45, 7) is 3.64. The van der Waals surface area contributed by atoms with Crippen molar-refractivity contribution in [3.63, 3.8) is 0 Å². The SMILES string of the molecule is CCC1(CC)CC(=O)N(c2ccc(F)cc2C(=O)O)C1=O. The van der Waals surface area contributed by atoms with Crippen LogP contribution in [0.3, 0.4) is 0 Å². The second kappa shape index (κ2) is 5.27. The molecule has 0 unspecified atom stereocenters. The molecule has 1 aliphatic heterocycles. The van der Waals surface area contributed by atoms with Crippen molar-refractivity contribution >= 4 is 23.5 Å². The van der Waals surface area contributed by atoms with Gasteiger partial charge >= 0.3 is 5.97 Å². The van der Waals surface area contributed by atoms with Crippen molar-refractivity contribution in [3.8, 4) is 0 Å². The van der Waals surface area contributed by atoms with Gasteiger partial charge in [0.15, 0.2) is 0 Å². The number of hydrogen-bond acceptors (Lipinski definition) is 3. The third kappa shape index (κ3) is 2.30. The van der Waals surface area contributed by atoms with Crippen molar-refractivity contribution in [3.05, 3.63) is 29.6 Å². The van der Waals surface area contributed by atoms with Gasteiger partial charge in [-0.1, -0.05) is 13.8 Å². The molecule has 1 aromatic rings. The van der Waals surface area contributed by atoms with Crippen molar-refractivity contribution in [1.82, 2.24) is 0 Å². The Morgan fingerprint density at radius 2 is 1.95 bits per heavy atom. The van der Waals surface area contributed by atoms with Gasteiger partial charge in [-0.05, 0) is 31.0 Å². The Bertz CT molecular complexity index is 622. The standard InChI is InChI=1S/C15H16FNO4/c1-3-15(4-2)8-12(18)17(14(15)21)11-6-5-9(16)7-10(11)13(19)20/h5-7H,3-4,8H2,1-2H3,(H,19,20). The van der Waals surface area contributed by atoms with Crippen LogP contribution < -0.4 is 4.90 Å². The maximum Gasteiger partial charge on any atom is 0.337 e. The number of nitrogens with zero attached hydrogens (tertiary/aromatic N) is 1. The summed E-state index contributed by atoms with van der Waals surface area (Å²) < 4.78 is 13.2. The first-order valence-electron chi connectivity index (χ1n) is 6.76. The van der Waals surface area contributed by atoms with Gasteiger partial charge in [0.25, 0.3) is 0 Å². The van der Waals surface area contributed by atoms with Crippen molar-refractivity contribution in [2.75, 3.05) is 4.90 Å². The largest absolute Gasteiger partial charge is 0.478 e. The second-order valence-corrected chi connectivity index (χ2v) is 5.17. The molecule has 1 aliphatic rings. The summed E-state index contributed by atoms with van der Waals surface area (Å²) in [6, 6.07) is 3.02. The van der Waals surface area contributed by atoms with Gasteiger partial charge in [-0.15, -0.1) is 0 Å². The number of aromatic carboxylic acids is 1. The molecule has 1 N–H and O–H groups in total. The molecule has 5 nitrogen and oxygen atoms in total. The van der Waals surface area contributed by atoms with E-state index in [1.54, 1.807) is 0 Å². The van der Waals surface area contributed by atoms with Crippen molar-refractivity contribution < 1.29 is 23.9 Å². The Labute approximate surface area is 121 Å². The third-order valence-electron chi connectivity index (χ3n) is 4.18. The lowest BCUT2D eigenvalue weighted by Gasteiger charge is -2.24. The molecule has 0 aromatic heterocycles. The fourth-order valence-electron chi connectivity index (χ4n) is 2.72. The smallest absolute Gasteiger partial charge is 0.337 e. The van der Waals surface area contributed by atoms with E-state index in [1.807, 2.05) is 13.8 Å². The van der Waals surface area contributed by atoms with E-state index in [1.165, 1.54) is 0 Å². The predicted molar refractivity (Wildman–Crippen MR) is 73.5 cm³/mol. The van der Waals surface area contributed by atoms with E-state index in [0.717, 1.165) is 23.1 Å². The van der Waals surface area contributed by atoms with Crippen LogP contribution >= 0.6 is 0 Å². The van der Waals surface area contributed by atoms with Gasteiger partial charge in [0.1, 0.15) is 5.82 Å². The molecule has 21 heavy (non-hydrogen) atoms. The fraction of sp³-hybridized carbons (Fsp3) is 0.400. The molecule has 2 rings (SSSR count). The average molecular weight is 293 g/mol. The molecular formula is C15H16FNO4. The van der Waals surface area contributed by atoms with Gasteiger partial charge in [0.2, 0.25) is 11.8 Å². The van der Waals surface area contributed by atoms with Crippen LogP contribution in [0, 0.1) is 11.2 Å². The summed E-state index contributed by atoms with van der Waals surface area (Å²) in [5, 5.41) is 9.15. The normalized spacial score (nSPS) is 17.4. The Morgan fingerprint density at radius 3 is 2.43 bits per heavy atom. The molecule has 0 radical (unpaired) electrons. The highest BCUT2D eigenvalue weighted by atomic mass is 19.1. The Kier molecular flexibility index (Phi) is 3.80. The van der Waals surface area contributed by atoms with Gasteiger partial charge in [-0.25, -0.2) is 14.1 Å². The molecule has 6 heteroatoms. The number of amides is 2. The zero-order valence-corrected chi connectivity index (χ0v) is 11.9. The molecule has 0 saturated carbocycles. The number of carbonyl (C=O) groups excluding carboxylic acids is 2. The zero-order chi connectivity index (χ0) is 15.8. The minimum Gasteiger partial charge on any atom is -0.478 e. The molecule has 1 fully saturated rings. The Balaban J connectivity index is 2.55. The van der Waals surface area contributed by atoms with E-state index in [0.29, 0.717) is 12.8 Å². The first kappa shape index (κ1) is 15.2. The molecule has 0 spiro atoms. The number of hydrogen-bond donors (Lipinski definition) is 1. The summed E-state index contributed by atoms with van der Waals surface area (Å²) in [6.07, 6.45) is 1.04. The lowest BCUT2D eigenvalue weighted by molar-refractivity contribution is -0.126.